The van der Waals surface area contributed by atoms with Crippen LogP contribution >= 0.6 is 0 Å². The highest BCUT2D eigenvalue weighted by Gasteiger charge is 2.18. The molecule has 0 bridgehead atoms. The van der Waals surface area contributed by atoms with Crippen LogP contribution in [0.5, 0.6) is 0 Å². The molecule has 0 aromatic carbocycles. The molecule has 14 heavy (non-hydrogen) atoms. The molecule has 2 saturated heterocycles. The Hall–Kier alpha value is -1.06. The second kappa shape index (κ2) is 4.98. The Bertz CT molecular complexity index is 200. The third kappa shape index (κ3) is 3.77. The molecular weight excluding hydrogens is 184 g/mol. The lowest BCUT2D eigenvalue weighted by molar-refractivity contribution is -0.138. The van der Waals surface area contributed by atoms with Crippen LogP contribution in [0.25, 0.3) is 0 Å². The average Bonchev–Trinajstić information content (AvgIpc) is 2.63. The smallest absolute Gasteiger partial charge is 0.306 e. The van der Waals surface area contributed by atoms with E-state index in [0.717, 1.165) is 0 Å². The van der Waals surface area contributed by atoms with Gasteiger partial charge >= 0.3 is 11.9 Å². The van der Waals surface area contributed by atoms with E-state index in [1.165, 1.54) is 0 Å². The van der Waals surface area contributed by atoms with Crippen molar-refractivity contribution in [3.05, 3.63) is 0 Å². The molecule has 2 aliphatic heterocycles. The van der Waals surface area contributed by atoms with E-state index in [4.69, 9.17) is 0 Å². The zero-order valence-corrected chi connectivity index (χ0v) is 8.62. The molecule has 80 valence electrons. The fourth-order valence-electron chi connectivity index (χ4n) is 1.28. The number of hydrogen-bond donors (Lipinski definition) is 0. The Morgan fingerprint density at radius 3 is 1.36 bits per heavy atom. The number of cyclic esters (lactones) is 2. The molecule has 2 rings (SSSR count). The summed E-state index contributed by atoms with van der Waals surface area (Å²) in [7, 11) is 0. The van der Waals surface area contributed by atoms with Crippen molar-refractivity contribution >= 4 is 11.9 Å². The number of esters is 2. The number of carbonyl (C=O) groups excluding carboxylic acids is 2. The third-order valence-corrected chi connectivity index (χ3v) is 2.09. The second-order valence-corrected chi connectivity index (χ2v) is 3.98. The minimum Gasteiger partial charge on any atom is -0.465 e. The van der Waals surface area contributed by atoms with Gasteiger partial charge in [-0.15, -0.1) is 0 Å². The maximum absolute atomic E-state index is 10.2. The standard InChI is InChI=1S/2C5H8O2/c2*1-4-2-5(6)7-3-4/h2*4H,2-3H2,1H3. The largest absolute Gasteiger partial charge is 0.465 e. The Balaban J connectivity index is 0.000000140. The number of hydrogen-bond acceptors (Lipinski definition) is 4. The Labute approximate surface area is 83.6 Å². The molecule has 2 fully saturated rings. The van der Waals surface area contributed by atoms with Crippen LogP contribution in [-0.2, 0) is 19.1 Å². The van der Waals surface area contributed by atoms with Crippen LogP contribution in [0.15, 0.2) is 0 Å². The maximum atomic E-state index is 10.2. The van der Waals surface area contributed by atoms with Crippen LogP contribution in [-0.4, -0.2) is 25.2 Å². The summed E-state index contributed by atoms with van der Waals surface area (Å²) in [4.78, 5) is 20.5. The first-order chi connectivity index (χ1) is 6.58. The van der Waals surface area contributed by atoms with E-state index in [2.05, 4.69) is 9.47 Å². The summed E-state index contributed by atoms with van der Waals surface area (Å²) in [6, 6.07) is 0. The van der Waals surface area contributed by atoms with Crippen molar-refractivity contribution in [1.29, 1.82) is 0 Å². The van der Waals surface area contributed by atoms with Crippen molar-refractivity contribution in [3.8, 4) is 0 Å². The SMILES string of the molecule is CC1COC(=O)C1.CC1COC(=O)C1. The van der Waals surface area contributed by atoms with Gasteiger partial charge in [-0.3, -0.25) is 9.59 Å². The van der Waals surface area contributed by atoms with Gasteiger partial charge in [0.2, 0.25) is 0 Å². The summed E-state index contributed by atoms with van der Waals surface area (Å²) in [6.45, 7) is 5.26. The lowest BCUT2D eigenvalue weighted by Crippen LogP contribution is -1.88. The molecule has 0 amide bonds. The zero-order valence-electron chi connectivity index (χ0n) is 8.62. The minimum atomic E-state index is -0.0486. The quantitative estimate of drug-likeness (QED) is 0.550. The van der Waals surface area contributed by atoms with Gasteiger partial charge in [0, 0.05) is 11.8 Å². The predicted molar refractivity (Wildman–Crippen MR) is 49.5 cm³/mol. The Morgan fingerprint density at radius 1 is 0.929 bits per heavy atom. The van der Waals surface area contributed by atoms with Crippen molar-refractivity contribution in [1.82, 2.24) is 0 Å². The van der Waals surface area contributed by atoms with E-state index >= 15 is 0 Å². The molecule has 2 heterocycles. The first-order valence-corrected chi connectivity index (χ1v) is 4.89. The van der Waals surface area contributed by atoms with Crippen molar-refractivity contribution in [3.63, 3.8) is 0 Å². The van der Waals surface area contributed by atoms with E-state index < -0.39 is 0 Å². The summed E-state index contributed by atoms with van der Waals surface area (Å²) in [5.74, 6) is 0.806. The van der Waals surface area contributed by atoms with E-state index in [1.807, 2.05) is 13.8 Å². The van der Waals surface area contributed by atoms with Gasteiger partial charge in [-0.05, 0) is 0 Å². The van der Waals surface area contributed by atoms with E-state index in [-0.39, 0.29) is 11.9 Å². The van der Waals surface area contributed by atoms with Crippen molar-refractivity contribution < 1.29 is 19.1 Å². The van der Waals surface area contributed by atoms with Gasteiger partial charge in [0.05, 0.1) is 26.1 Å². The van der Waals surface area contributed by atoms with Gasteiger partial charge < -0.3 is 9.47 Å². The van der Waals surface area contributed by atoms with Gasteiger partial charge in [0.15, 0.2) is 0 Å². The van der Waals surface area contributed by atoms with Crippen molar-refractivity contribution in [2.75, 3.05) is 13.2 Å². The normalized spacial score (nSPS) is 30.4. The zero-order chi connectivity index (χ0) is 10.6. The molecule has 0 spiro atoms. The predicted octanol–water partition coefficient (Wildman–Crippen LogP) is 1.14. The van der Waals surface area contributed by atoms with Crippen LogP contribution in [0.2, 0.25) is 0 Å². The molecule has 2 atom stereocenters. The molecule has 4 heteroatoms. The fraction of sp³-hybridized carbons (Fsp3) is 0.800. The van der Waals surface area contributed by atoms with Crippen LogP contribution < -0.4 is 0 Å². The van der Waals surface area contributed by atoms with Gasteiger partial charge in [0.25, 0.3) is 0 Å². The first-order valence-electron chi connectivity index (χ1n) is 4.89. The van der Waals surface area contributed by atoms with Gasteiger partial charge in [-0.2, -0.15) is 0 Å². The summed E-state index contributed by atoms with van der Waals surface area (Å²) in [6.07, 6.45) is 1.22. The average molecular weight is 200 g/mol. The molecule has 0 N–H and O–H groups in total. The Morgan fingerprint density at radius 2 is 1.29 bits per heavy atom. The van der Waals surface area contributed by atoms with E-state index in [9.17, 15) is 9.59 Å². The molecule has 0 aromatic rings. The second-order valence-electron chi connectivity index (χ2n) is 3.98. The third-order valence-electron chi connectivity index (χ3n) is 2.09. The maximum Gasteiger partial charge on any atom is 0.306 e. The fourth-order valence-corrected chi connectivity index (χ4v) is 1.28. The highest BCUT2D eigenvalue weighted by molar-refractivity contribution is 5.71. The van der Waals surface area contributed by atoms with E-state index in [0.29, 0.717) is 37.9 Å². The number of ether oxygens (including phenoxy) is 2. The molecule has 2 aliphatic rings. The molecule has 0 aliphatic carbocycles. The summed E-state index contributed by atoms with van der Waals surface area (Å²) >= 11 is 0. The van der Waals surface area contributed by atoms with E-state index in [1.54, 1.807) is 0 Å². The lowest BCUT2D eigenvalue weighted by atomic mass is 10.2. The lowest BCUT2D eigenvalue weighted by Gasteiger charge is -1.87. The number of carbonyl (C=O) groups is 2. The number of rotatable bonds is 0. The molecule has 4 nitrogen and oxygen atoms in total. The van der Waals surface area contributed by atoms with Crippen LogP contribution in [0.3, 0.4) is 0 Å². The summed E-state index contributed by atoms with van der Waals surface area (Å²) < 4.78 is 9.25. The highest BCUT2D eigenvalue weighted by atomic mass is 16.5. The van der Waals surface area contributed by atoms with Crippen LogP contribution in [0.1, 0.15) is 26.7 Å². The van der Waals surface area contributed by atoms with Crippen LogP contribution in [0, 0.1) is 11.8 Å². The molecule has 0 saturated carbocycles. The van der Waals surface area contributed by atoms with Crippen molar-refractivity contribution in [2.45, 2.75) is 26.7 Å². The van der Waals surface area contributed by atoms with Gasteiger partial charge in [-0.25, -0.2) is 0 Å². The topological polar surface area (TPSA) is 52.6 Å². The Kier molecular flexibility index (Phi) is 3.92. The minimum absolute atomic E-state index is 0.0486. The highest BCUT2D eigenvalue weighted by Crippen LogP contribution is 2.11. The molecular formula is C10H16O4. The summed E-state index contributed by atoms with van der Waals surface area (Å²) in [5, 5.41) is 0. The van der Waals surface area contributed by atoms with Gasteiger partial charge in [-0.1, -0.05) is 13.8 Å². The van der Waals surface area contributed by atoms with Crippen LogP contribution in [0.4, 0.5) is 0 Å². The van der Waals surface area contributed by atoms with Crippen molar-refractivity contribution in [2.24, 2.45) is 11.8 Å². The van der Waals surface area contributed by atoms with Gasteiger partial charge in [0.1, 0.15) is 0 Å². The summed E-state index contributed by atoms with van der Waals surface area (Å²) in [5.41, 5.74) is 0. The monoisotopic (exact) mass is 200 g/mol. The molecule has 0 radical (unpaired) electrons. The first kappa shape index (κ1) is 11.0. The molecule has 2 unspecified atom stereocenters. The molecule has 0 aromatic heterocycles.